The van der Waals surface area contributed by atoms with E-state index in [0.717, 1.165) is 21.8 Å². The van der Waals surface area contributed by atoms with E-state index in [1.54, 1.807) is 17.4 Å². The second kappa shape index (κ2) is 5.62. The predicted molar refractivity (Wildman–Crippen MR) is 80.6 cm³/mol. The first-order valence-electron chi connectivity index (χ1n) is 6.66. The topological polar surface area (TPSA) is 33.1 Å². The molecule has 0 spiro atoms. The number of thiazole rings is 1. The molecular weight excluding hydrogens is 273 g/mol. The first-order valence-corrected chi connectivity index (χ1v) is 7.54. The third-order valence-corrected chi connectivity index (χ3v) is 4.15. The van der Waals surface area contributed by atoms with Crippen LogP contribution in [0.25, 0.3) is 0 Å². The molecule has 0 bridgehead atoms. The molecule has 0 amide bonds. The lowest BCUT2D eigenvalue weighted by molar-refractivity contribution is 0.177. The van der Waals surface area contributed by atoms with E-state index < -0.39 is 6.10 Å². The summed E-state index contributed by atoms with van der Waals surface area (Å²) in [7, 11) is 0. The van der Waals surface area contributed by atoms with Gasteiger partial charge in [0, 0.05) is 17.2 Å². The van der Waals surface area contributed by atoms with E-state index in [2.05, 4.69) is 25.8 Å². The Balaban J connectivity index is 2.15. The van der Waals surface area contributed by atoms with Gasteiger partial charge in [0.05, 0.1) is 16.8 Å². The summed E-state index contributed by atoms with van der Waals surface area (Å²) in [5.41, 5.74) is 2.59. The molecule has 0 fully saturated rings. The summed E-state index contributed by atoms with van der Waals surface area (Å²) in [5.74, 6) is -0.275. The van der Waals surface area contributed by atoms with Gasteiger partial charge < -0.3 is 5.11 Å². The number of aliphatic hydroxyl groups excluding tert-OH is 1. The highest BCUT2D eigenvalue weighted by Crippen LogP contribution is 2.27. The Hall–Kier alpha value is -1.26. The number of aryl methyl sites for hydroxylation is 1. The summed E-state index contributed by atoms with van der Waals surface area (Å²) < 4.78 is 13.1. The maximum Gasteiger partial charge on any atom is 0.123 e. The van der Waals surface area contributed by atoms with E-state index in [0.29, 0.717) is 6.42 Å². The van der Waals surface area contributed by atoms with E-state index in [4.69, 9.17) is 0 Å². The van der Waals surface area contributed by atoms with Crippen molar-refractivity contribution in [1.29, 1.82) is 0 Å². The average molecular weight is 293 g/mol. The van der Waals surface area contributed by atoms with E-state index in [1.807, 2.05) is 12.3 Å². The summed E-state index contributed by atoms with van der Waals surface area (Å²) in [4.78, 5) is 4.58. The summed E-state index contributed by atoms with van der Waals surface area (Å²) >= 11 is 1.56. The fourth-order valence-electron chi connectivity index (χ4n) is 2.04. The van der Waals surface area contributed by atoms with E-state index in [1.165, 1.54) is 12.1 Å². The zero-order valence-electron chi connectivity index (χ0n) is 12.3. The standard InChI is InChI=1S/C16H20FNOS/c1-10-7-11(17)5-6-12(10)13(19)8-15-18-14(9-20-15)16(2,3)4/h5-7,9,13,19H,8H2,1-4H3. The average Bonchev–Trinajstić information content (AvgIpc) is 2.76. The molecule has 1 N–H and O–H groups in total. The number of aromatic nitrogens is 1. The van der Waals surface area contributed by atoms with Gasteiger partial charge in [0.2, 0.25) is 0 Å². The maximum atomic E-state index is 13.1. The molecule has 0 saturated carbocycles. The summed E-state index contributed by atoms with van der Waals surface area (Å²) in [6.07, 6.45) is -0.178. The Kier molecular flexibility index (Phi) is 4.25. The van der Waals surface area contributed by atoms with Crippen molar-refractivity contribution in [2.24, 2.45) is 0 Å². The van der Waals surface area contributed by atoms with Crippen molar-refractivity contribution < 1.29 is 9.50 Å². The molecule has 1 aromatic heterocycles. The Morgan fingerprint density at radius 3 is 2.60 bits per heavy atom. The Bertz CT molecular complexity index is 601. The van der Waals surface area contributed by atoms with Gasteiger partial charge in [-0.3, -0.25) is 0 Å². The molecule has 20 heavy (non-hydrogen) atoms. The number of hydrogen-bond acceptors (Lipinski definition) is 3. The first kappa shape index (κ1) is 15.1. The molecule has 0 saturated heterocycles. The van der Waals surface area contributed by atoms with Crippen molar-refractivity contribution in [3.63, 3.8) is 0 Å². The summed E-state index contributed by atoms with van der Waals surface area (Å²) in [6, 6.07) is 4.47. The normalized spacial score (nSPS) is 13.5. The predicted octanol–water partition coefficient (Wildman–Crippen LogP) is 4.16. The van der Waals surface area contributed by atoms with Crippen LogP contribution in [0.1, 0.15) is 48.7 Å². The van der Waals surface area contributed by atoms with Crippen molar-refractivity contribution in [2.45, 2.75) is 45.6 Å². The number of hydrogen-bond donors (Lipinski definition) is 1. The van der Waals surface area contributed by atoms with Gasteiger partial charge in [0.25, 0.3) is 0 Å². The molecule has 0 aliphatic carbocycles. The van der Waals surface area contributed by atoms with Gasteiger partial charge >= 0.3 is 0 Å². The Morgan fingerprint density at radius 2 is 2.05 bits per heavy atom. The van der Waals surface area contributed by atoms with Crippen molar-refractivity contribution >= 4 is 11.3 Å². The number of benzene rings is 1. The minimum atomic E-state index is -0.644. The molecule has 2 aromatic rings. The zero-order chi connectivity index (χ0) is 14.9. The molecule has 1 atom stereocenters. The quantitative estimate of drug-likeness (QED) is 0.921. The Morgan fingerprint density at radius 1 is 1.35 bits per heavy atom. The van der Waals surface area contributed by atoms with E-state index in [9.17, 15) is 9.50 Å². The molecule has 0 aliphatic rings. The summed E-state index contributed by atoms with van der Waals surface area (Å²) in [6.45, 7) is 8.16. The third-order valence-electron chi connectivity index (χ3n) is 3.28. The van der Waals surface area contributed by atoms with Gasteiger partial charge in [0.1, 0.15) is 5.82 Å². The lowest BCUT2D eigenvalue weighted by Crippen LogP contribution is -2.12. The fraction of sp³-hybridized carbons (Fsp3) is 0.438. The molecule has 1 heterocycles. The van der Waals surface area contributed by atoms with Crippen LogP contribution in [-0.4, -0.2) is 10.1 Å². The number of nitrogens with zero attached hydrogens (tertiary/aromatic N) is 1. The maximum absolute atomic E-state index is 13.1. The number of aliphatic hydroxyl groups is 1. The lowest BCUT2D eigenvalue weighted by Gasteiger charge is -2.15. The van der Waals surface area contributed by atoms with Crippen LogP contribution >= 0.6 is 11.3 Å². The third kappa shape index (κ3) is 3.44. The molecule has 2 nitrogen and oxygen atoms in total. The van der Waals surface area contributed by atoms with Crippen LogP contribution in [0, 0.1) is 12.7 Å². The largest absolute Gasteiger partial charge is 0.388 e. The molecule has 1 aromatic carbocycles. The molecule has 2 rings (SSSR count). The van der Waals surface area contributed by atoms with Crippen LogP contribution in [0.15, 0.2) is 23.6 Å². The van der Waals surface area contributed by atoms with Crippen LogP contribution in [0.4, 0.5) is 4.39 Å². The molecular formula is C16H20FNOS. The van der Waals surface area contributed by atoms with Gasteiger partial charge in [-0.1, -0.05) is 26.8 Å². The van der Waals surface area contributed by atoms with Crippen molar-refractivity contribution in [3.05, 3.63) is 51.2 Å². The molecule has 108 valence electrons. The molecule has 0 radical (unpaired) electrons. The fourth-order valence-corrected chi connectivity index (χ4v) is 3.10. The van der Waals surface area contributed by atoms with Gasteiger partial charge in [-0.25, -0.2) is 9.37 Å². The van der Waals surface area contributed by atoms with Gasteiger partial charge in [0.15, 0.2) is 0 Å². The van der Waals surface area contributed by atoms with Crippen LogP contribution in [0.5, 0.6) is 0 Å². The first-order chi connectivity index (χ1) is 9.27. The Labute approximate surface area is 123 Å². The van der Waals surface area contributed by atoms with Gasteiger partial charge in [-0.15, -0.1) is 11.3 Å². The van der Waals surface area contributed by atoms with Gasteiger partial charge in [-0.2, -0.15) is 0 Å². The zero-order valence-corrected chi connectivity index (χ0v) is 13.1. The highest BCUT2D eigenvalue weighted by Gasteiger charge is 2.19. The minimum Gasteiger partial charge on any atom is -0.388 e. The smallest absolute Gasteiger partial charge is 0.123 e. The van der Waals surface area contributed by atoms with Gasteiger partial charge in [-0.05, 0) is 30.2 Å². The van der Waals surface area contributed by atoms with E-state index >= 15 is 0 Å². The highest BCUT2D eigenvalue weighted by atomic mass is 32.1. The SMILES string of the molecule is Cc1cc(F)ccc1C(O)Cc1nc(C(C)(C)C)cs1. The second-order valence-corrected chi connectivity index (χ2v) is 7.04. The minimum absolute atomic E-state index is 0.0193. The van der Waals surface area contributed by atoms with Crippen molar-refractivity contribution in [3.8, 4) is 0 Å². The molecule has 4 heteroatoms. The van der Waals surface area contributed by atoms with Crippen molar-refractivity contribution in [1.82, 2.24) is 4.98 Å². The van der Waals surface area contributed by atoms with Crippen LogP contribution in [0.2, 0.25) is 0 Å². The lowest BCUT2D eigenvalue weighted by atomic mass is 9.93. The highest BCUT2D eigenvalue weighted by molar-refractivity contribution is 7.09. The van der Waals surface area contributed by atoms with Crippen LogP contribution in [0.3, 0.4) is 0 Å². The second-order valence-electron chi connectivity index (χ2n) is 6.10. The number of halogens is 1. The van der Waals surface area contributed by atoms with Crippen LogP contribution < -0.4 is 0 Å². The monoisotopic (exact) mass is 293 g/mol. The molecule has 1 unspecified atom stereocenters. The molecule has 0 aliphatic heterocycles. The van der Waals surface area contributed by atoms with Crippen LogP contribution in [-0.2, 0) is 11.8 Å². The van der Waals surface area contributed by atoms with Crippen molar-refractivity contribution in [2.75, 3.05) is 0 Å². The summed E-state index contributed by atoms with van der Waals surface area (Å²) in [5, 5.41) is 13.3. The number of rotatable bonds is 3. The van der Waals surface area contributed by atoms with E-state index in [-0.39, 0.29) is 11.2 Å².